The van der Waals surface area contributed by atoms with Gasteiger partial charge in [-0.2, -0.15) is 26.3 Å². The maximum atomic E-state index is 12.4. The smallest absolute Gasteiger partial charge is 0.334 e. The number of rotatable bonds is 1. The van der Waals surface area contributed by atoms with Gasteiger partial charge in [-0.25, -0.2) is 0 Å². The zero-order valence-corrected chi connectivity index (χ0v) is 9.63. The van der Waals surface area contributed by atoms with Crippen molar-refractivity contribution >= 4 is 17.7 Å². The number of thioether (sulfide) groups is 1. The Kier molecular flexibility index (Phi) is 3.37. The summed E-state index contributed by atoms with van der Waals surface area (Å²) in [6.07, 6.45) is -11.9. The number of amides is 1. The molecule has 100 valence electrons. The topological polar surface area (TPSA) is 20.3 Å². The zero-order valence-electron chi connectivity index (χ0n) is 8.82. The molecule has 0 aromatic carbocycles. The van der Waals surface area contributed by atoms with E-state index in [0.717, 1.165) is 11.8 Å². The average Bonchev–Trinajstić information content (AvgIpc) is 1.95. The van der Waals surface area contributed by atoms with Gasteiger partial charge in [-0.1, -0.05) is 0 Å². The molecule has 1 rings (SSSR count). The van der Waals surface area contributed by atoms with Crippen LogP contribution in [0.5, 0.6) is 0 Å². The summed E-state index contributed by atoms with van der Waals surface area (Å²) in [5.41, 5.74) is 0. The standard InChI is InChI=1S/C8H9F6NOS/c1-4(16)15(2)5-3-6(17-5,7(9,10)11)8(12,13)14/h5H,3H2,1-2H3. The maximum Gasteiger partial charge on any atom is 0.412 e. The molecule has 0 saturated carbocycles. The van der Waals surface area contributed by atoms with Crippen molar-refractivity contribution in [2.45, 2.75) is 35.8 Å². The Labute approximate surface area is 97.3 Å². The van der Waals surface area contributed by atoms with Crippen LogP contribution in [0.15, 0.2) is 0 Å². The SMILES string of the molecule is CC(=O)N(C)C1CC(C(F)(F)F)(C(F)(F)F)S1. The quantitative estimate of drug-likeness (QED) is 0.689. The fourth-order valence-electron chi connectivity index (χ4n) is 1.41. The highest BCUT2D eigenvalue weighted by molar-refractivity contribution is 8.02. The molecule has 0 aliphatic carbocycles. The highest BCUT2D eigenvalue weighted by Gasteiger charge is 2.77. The molecule has 9 heteroatoms. The van der Waals surface area contributed by atoms with Crippen LogP contribution in [0.2, 0.25) is 0 Å². The summed E-state index contributed by atoms with van der Waals surface area (Å²) in [4.78, 5) is 11.7. The first-order chi connectivity index (χ1) is 7.42. The average molecular weight is 281 g/mol. The molecule has 0 aromatic rings. The van der Waals surface area contributed by atoms with E-state index in [1.54, 1.807) is 0 Å². The van der Waals surface area contributed by atoms with Crippen LogP contribution >= 0.6 is 11.8 Å². The van der Waals surface area contributed by atoms with Crippen LogP contribution in [0.25, 0.3) is 0 Å². The summed E-state index contributed by atoms with van der Waals surface area (Å²) in [5, 5.41) is -1.09. The van der Waals surface area contributed by atoms with Gasteiger partial charge in [-0.3, -0.25) is 4.79 Å². The van der Waals surface area contributed by atoms with Crippen LogP contribution in [0.1, 0.15) is 13.3 Å². The van der Waals surface area contributed by atoms with Gasteiger partial charge in [0.25, 0.3) is 0 Å². The Bertz CT molecular complexity index is 303. The molecule has 1 unspecified atom stereocenters. The van der Waals surface area contributed by atoms with E-state index in [9.17, 15) is 31.1 Å². The molecular weight excluding hydrogens is 272 g/mol. The third kappa shape index (κ3) is 2.21. The molecule has 1 fully saturated rings. The van der Waals surface area contributed by atoms with Gasteiger partial charge in [0, 0.05) is 20.4 Å². The van der Waals surface area contributed by atoms with Gasteiger partial charge in [0.1, 0.15) is 0 Å². The Morgan fingerprint density at radius 2 is 1.59 bits per heavy atom. The number of hydrogen-bond acceptors (Lipinski definition) is 2. The van der Waals surface area contributed by atoms with E-state index < -0.39 is 34.8 Å². The summed E-state index contributed by atoms with van der Waals surface area (Å²) in [6, 6.07) is 0. The van der Waals surface area contributed by atoms with Gasteiger partial charge in [0.15, 0.2) is 0 Å². The lowest BCUT2D eigenvalue weighted by Gasteiger charge is -2.50. The van der Waals surface area contributed by atoms with Crippen molar-refractivity contribution in [3.8, 4) is 0 Å². The third-order valence-corrected chi connectivity index (χ3v) is 4.43. The molecular formula is C8H9F6NOS. The second-order valence-electron chi connectivity index (χ2n) is 3.73. The zero-order chi connectivity index (χ0) is 13.6. The lowest BCUT2D eigenvalue weighted by molar-refractivity contribution is -0.273. The van der Waals surface area contributed by atoms with Crippen molar-refractivity contribution in [2.24, 2.45) is 0 Å². The minimum atomic E-state index is -5.37. The third-order valence-electron chi connectivity index (χ3n) is 2.64. The molecule has 1 saturated heterocycles. The highest BCUT2D eigenvalue weighted by Crippen LogP contribution is 2.63. The number of halogens is 6. The van der Waals surface area contributed by atoms with Crippen LogP contribution in [-0.2, 0) is 4.79 Å². The van der Waals surface area contributed by atoms with E-state index in [4.69, 9.17) is 0 Å². The van der Waals surface area contributed by atoms with Crippen LogP contribution in [0, 0.1) is 0 Å². The van der Waals surface area contributed by atoms with Gasteiger partial charge < -0.3 is 4.90 Å². The summed E-state index contributed by atoms with van der Waals surface area (Å²) in [5.74, 6) is -0.569. The van der Waals surface area contributed by atoms with Crippen LogP contribution in [-0.4, -0.2) is 40.3 Å². The monoisotopic (exact) mass is 281 g/mol. The van der Waals surface area contributed by atoms with Gasteiger partial charge in [-0.05, 0) is 0 Å². The van der Waals surface area contributed by atoms with Crippen molar-refractivity contribution in [3.63, 3.8) is 0 Å². The minimum absolute atomic E-state index is 0.274. The lowest BCUT2D eigenvalue weighted by atomic mass is 10.0. The van der Waals surface area contributed by atoms with E-state index >= 15 is 0 Å². The molecule has 2 nitrogen and oxygen atoms in total. The summed E-state index contributed by atoms with van der Waals surface area (Å²) in [6.45, 7) is 1.09. The number of nitrogens with zero attached hydrogens (tertiary/aromatic N) is 1. The molecule has 0 radical (unpaired) electrons. The van der Waals surface area contributed by atoms with Crippen molar-refractivity contribution in [1.82, 2.24) is 4.90 Å². The number of hydrogen-bond donors (Lipinski definition) is 0. The summed E-state index contributed by atoms with van der Waals surface area (Å²) in [7, 11) is 1.18. The van der Waals surface area contributed by atoms with E-state index in [-0.39, 0.29) is 11.8 Å². The predicted octanol–water partition coefficient (Wildman–Crippen LogP) is 2.79. The highest BCUT2D eigenvalue weighted by atomic mass is 32.2. The first-order valence-corrected chi connectivity index (χ1v) is 5.35. The Morgan fingerprint density at radius 1 is 1.24 bits per heavy atom. The molecule has 0 N–H and O–H groups in total. The minimum Gasteiger partial charge on any atom is -0.334 e. The molecule has 1 amide bonds. The molecule has 1 heterocycles. The Hall–Kier alpha value is -0.600. The largest absolute Gasteiger partial charge is 0.412 e. The maximum absolute atomic E-state index is 12.4. The number of alkyl halides is 6. The molecule has 0 spiro atoms. The number of carbonyl (C=O) groups excluding carboxylic acids is 1. The molecule has 17 heavy (non-hydrogen) atoms. The second kappa shape index (κ2) is 3.96. The van der Waals surface area contributed by atoms with Gasteiger partial charge in [0.2, 0.25) is 10.7 Å². The second-order valence-corrected chi connectivity index (χ2v) is 5.21. The summed E-state index contributed by atoms with van der Waals surface area (Å²) < 4.78 is 70.9. The van der Waals surface area contributed by atoms with Crippen LogP contribution in [0.4, 0.5) is 26.3 Å². The van der Waals surface area contributed by atoms with E-state index in [1.165, 1.54) is 7.05 Å². The molecule has 1 aliphatic rings. The normalized spacial score (nSPS) is 24.1. The fourth-order valence-corrected chi connectivity index (χ4v) is 2.74. The van der Waals surface area contributed by atoms with Crippen LogP contribution in [0.3, 0.4) is 0 Å². The Balaban J connectivity index is 2.88. The first-order valence-electron chi connectivity index (χ1n) is 4.47. The molecule has 0 bridgehead atoms. The van der Waals surface area contributed by atoms with Crippen molar-refractivity contribution in [3.05, 3.63) is 0 Å². The van der Waals surface area contributed by atoms with Gasteiger partial charge >= 0.3 is 12.4 Å². The van der Waals surface area contributed by atoms with Crippen molar-refractivity contribution in [1.29, 1.82) is 0 Å². The van der Waals surface area contributed by atoms with Gasteiger partial charge in [0.05, 0.1) is 5.37 Å². The first kappa shape index (κ1) is 14.5. The summed E-state index contributed by atoms with van der Waals surface area (Å²) >= 11 is -0.274. The van der Waals surface area contributed by atoms with Crippen molar-refractivity contribution in [2.75, 3.05) is 7.05 Å². The fraction of sp³-hybridized carbons (Fsp3) is 0.875. The van der Waals surface area contributed by atoms with Crippen molar-refractivity contribution < 1.29 is 31.1 Å². The Morgan fingerprint density at radius 3 is 1.82 bits per heavy atom. The van der Waals surface area contributed by atoms with Crippen LogP contribution < -0.4 is 0 Å². The molecule has 1 atom stereocenters. The van der Waals surface area contributed by atoms with E-state index in [1.807, 2.05) is 0 Å². The predicted molar refractivity (Wildman–Crippen MR) is 49.3 cm³/mol. The van der Waals surface area contributed by atoms with Gasteiger partial charge in [-0.15, -0.1) is 11.8 Å². The number of carbonyl (C=O) groups is 1. The lowest BCUT2D eigenvalue weighted by Crippen LogP contribution is -2.65. The van der Waals surface area contributed by atoms with E-state index in [2.05, 4.69) is 0 Å². The molecule has 0 aromatic heterocycles. The molecule has 1 aliphatic heterocycles. The van der Waals surface area contributed by atoms with E-state index in [0.29, 0.717) is 0 Å².